The molecule has 0 radical (unpaired) electrons. The molecule has 4 rings (SSSR count). The lowest BCUT2D eigenvalue weighted by Gasteiger charge is -2.30. The fraction of sp³-hybridized carbons (Fsp3) is 0.280. The molecular weight excluding hydrogens is 473 g/mol. The number of anilines is 1. The molecule has 2 aromatic carbocycles. The van der Waals surface area contributed by atoms with Gasteiger partial charge >= 0.3 is 0 Å². The number of amides is 2. The van der Waals surface area contributed by atoms with Gasteiger partial charge in [0.15, 0.2) is 6.04 Å². The van der Waals surface area contributed by atoms with Gasteiger partial charge in [-0.3, -0.25) is 14.5 Å². The second-order valence-corrected chi connectivity index (χ2v) is 8.90. The molecule has 0 aliphatic rings. The zero-order valence-corrected chi connectivity index (χ0v) is 20.1. The summed E-state index contributed by atoms with van der Waals surface area (Å²) in [5.41, 5.74) is 1.53. The summed E-state index contributed by atoms with van der Waals surface area (Å²) in [5, 5.41) is 10.9. The van der Waals surface area contributed by atoms with Crippen molar-refractivity contribution in [2.45, 2.75) is 32.9 Å². The summed E-state index contributed by atoms with van der Waals surface area (Å²) in [6.07, 6.45) is 2.19. The smallest absolute Gasteiger partial charge is 0.251 e. The molecule has 2 amide bonds. The molecule has 1 N–H and O–H groups in total. The molecule has 1 atom stereocenters. The predicted molar refractivity (Wildman–Crippen MR) is 130 cm³/mol. The van der Waals surface area contributed by atoms with Gasteiger partial charge in [-0.05, 0) is 54.8 Å². The van der Waals surface area contributed by atoms with Crippen molar-refractivity contribution in [3.05, 3.63) is 77.5 Å². The molecule has 0 aliphatic carbocycles. The number of fused-ring (bicyclic) bond motifs is 1. The summed E-state index contributed by atoms with van der Waals surface area (Å²) in [4.78, 5) is 28.4. The van der Waals surface area contributed by atoms with Crippen molar-refractivity contribution >= 4 is 40.1 Å². The number of para-hydroxylation sites is 1. The first-order valence-electron chi connectivity index (χ1n) is 11.2. The lowest BCUT2D eigenvalue weighted by Crippen LogP contribution is -2.45. The maximum absolute atomic E-state index is 14.0. The number of hydrogen-bond donors (Lipinski definition) is 1. The van der Waals surface area contributed by atoms with Crippen molar-refractivity contribution in [3.8, 4) is 0 Å². The monoisotopic (exact) mass is 497 g/mol. The van der Waals surface area contributed by atoms with Crippen LogP contribution < -0.4 is 10.2 Å². The molecule has 2 aromatic heterocycles. The Hall–Kier alpha value is -3.72. The largest absolute Gasteiger partial charge is 0.467 e. The number of hydrogen-bond acceptors (Lipinski definition) is 5. The highest BCUT2D eigenvalue weighted by Gasteiger charge is 2.35. The fourth-order valence-electron chi connectivity index (χ4n) is 3.71. The van der Waals surface area contributed by atoms with Gasteiger partial charge < -0.3 is 9.73 Å². The fourth-order valence-corrected chi connectivity index (χ4v) is 3.89. The normalized spacial score (nSPS) is 12.1. The lowest BCUT2D eigenvalue weighted by atomic mass is 10.1. The van der Waals surface area contributed by atoms with E-state index < -0.39 is 23.7 Å². The van der Waals surface area contributed by atoms with E-state index in [1.165, 1.54) is 28.0 Å². The Morgan fingerprint density at radius 1 is 1.17 bits per heavy atom. The number of nitrogens with one attached hydrogen (secondary N) is 1. The molecular formula is C25H25ClFN5O3. The van der Waals surface area contributed by atoms with Gasteiger partial charge in [-0.1, -0.05) is 42.8 Å². The van der Waals surface area contributed by atoms with E-state index in [1.807, 2.05) is 12.1 Å². The van der Waals surface area contributed by atoms with Crippen molar-refractivity contribution in [1.29, 1.82) is 0 Å². The number of carbonyl (C=O) groups excluding carboxylic acids is 2. The molecule has 35 heavy (non-hydrogen) atoms. The predicted octanol–water partition coefficient (Wildman–Crippen LogP) is 4.75. The summed E-state index contributed by atoms with van der Waals surface area (Å²) in [7, 11) is 0. The van der Waals surface area contributed by atoms with Gasteiger partial charge in [0.1, 0.15) is 23.6 Å². The zero-order valence-electron chi connectivity index (χ0n) is 19.3. The van der Waals surface area contributed by atoms with Crippen LogP contribution in [0.2, 0.25) is 5.02 Å². The molecule has 10 heteroatoms. The third-order valence-corrected chi connectivity index (χ3v) is 5.79. The van der Waals surface area contributed by atoms with E-state index in [1.54, 1.807) is 24.3 Å². The molecule has 0 saturated carbocycles. The quantitative estimate of drug-likeness (QED) is 0.360. The second-order valence-electron chi connectivity index (χ2n) is 8.49. The molecule has 8 nitrogen and oxygen atoms in total. The van der Waals surface area contributed by atoms with Crippen LogP contribution >= 0.6 is 11.6 Å². The number of nitrogens with zero attached hydrogens (tertiary/aromatic N) is 4. The third-order valence-electron chi connectivity index (χ3n) is 5.50. The summed E-state index contributed by atoms with van der Waals surface area (Å²) in [5.74, 6) is -0.918. The summed E-state index contributed by atoms with van der Waals surface area (Å²) < 4.78 is 21.0. The SMILES string of the molecule is CC(C)CCNC(=O)C(c1ccco1)N(C(=O)Cn1nnc2ccccc21)c1ccc(F)c(Cl)c1. The highest BCUT2D eigenvalue weighted by molar-refractivity contribution is 6.31. The molecule has 1 unspecified atom stereocenters. The van der Waals surface area contributed by atoms with Crippen molar-refractivity contribution in [1.82, 2.24) is 20.3 Å². The van der Waals surface area contributed by atoms with E-state index in [2.05, 4.69) is 29.5 Å². The Labute approximate surface area is 206 Å². The number of furan rings is 1. The summed E-state index contributed by atoms with van der Waals surface area (Å²) >= 11 is 6.05. The Bertz CT molecular complexity index is 1320. The van der Waals surface area contributed by atoms with Gasteiger partial charge in [-0.15, -0.1) is 5.10 Å². The van der Waals surface area contributed by atoms with Gasteiger partial charge in [-0.2, -0.15) is 0 Å². The van der Waals surface area contributed by atoms with Crippen molar-refractivity contribution < 1.29 is 18.4 Å². The van der Waals surface area contributed by atoms with Crippen LogP contribution in [-0.4, -0.2) is 33.4 Å². The van der Waals surface area contributed by atoms with Crippen LogP contribution in [0.4, 0.5) is 10.1 Å². The molecule has 2 heterocycles. The highest BCUT2D eigenvalue weighted by Crippen LogP contribution is 2.31. The molecule has 0 fully saturated rings. The Morgan fingerprint density at radius 3 is 2.69 bits per heavy atom. The van der Waals surface area contributed by atoms with Gasteiger partial charge in [-0.25, -0.2) is 9.07 Å². The number of benzene rings is 2. The average molecular weight is 498 g/mol. The first-order chi connectivity index (χ1) is 16.8. The van der Waals surface area contributed by atoms with Crippen LogP contribution in [0.1, 0.15) is 32.1 Å². The van der Waals surface area contributed by atoms with Crippen molar-refractivity contribution in [2.24, 2.45) is 5.92 Å². The van der Waals surface area contributed by atoms with Crippen LogP contribution in [0, 0.1) is 11.7 Å². The summed E-state index contributed by atoms with van der Waals surface area (Å²) in [6.45, 7) is 4.31. The van der Waals surface area contributed by atoms with Gasteiger partial charge in [0.2, 0.25) is 5.91 Å². The van der Waals surface area contributed by atoms with E-state index >= 15 is 0 Å². The van der Waals surface area contributed by atoms with Crippen LogP contribution in [0.5, 0.6) is 0 Å². The van der Waals surface area contributed by atoms with Crippen LogP contribution in [0.15, 0.2) is 65.3 Å². The molecule has 182 valence electrons. The Kier molecular flexibility index (Phi) is 7.45. The summed E-state index contributed by atoms with van der Waals surface area (Å²) in [6, 6.07) is 13.2. The Balaban J connectivity index is 1.74. The number of carbonyl (C=O) groups is 2. The minimum Gasteiger partial charge on any atom is -0.467 e. The van der Waals surface area contributed by atoms with Gasteiger partial charge in [0, 0.05) is 12.2 Å². The zero-order chi connectivity index (χ0) is 24.9. The van der Waals surface area contributed by atoms with E-state index in [0.717, 1.165) is 12.5 Å². The van der Waals surface area contributed by atoms with Crippen molar-refractivity contribution in [2.75, 3.05) is 11.4 Å². The molecule has 0 aliphatic heterocycles. The van der Waals surface area contributed by atoms with Crippen LogP contribution in [-0.2, 0) is 16.1 Å². The second kappa shape index (κ2) is 10.7. The van der Waals surface area contributed by atoms with Gasteiger partial charge in [0.25, 0.3) is 5.91 Å². The van der Waals surface area contributed by atoms with Gasteiger partial charge in [0.05, 0.1) is 16.8 Å². The first-order valence-corrected chi connectivity index (χ1v) is 11.6. The van der Waals surface area contributed by atoms with Crippen molar-refractivity contribution in [3.63, 3.8) is 0 Å². The first kappa shape index (κ1) is 24.4. The molecule has 0 saturated heterocycles. The third kappa shape index (κ3) is 5.51. The molecule has 0 bridgehead atoms. The average Bonchev–Trinajstić information content (AvgIpc) is 3.49. The Morgan fingerprint density at radius 2 is 1.97 bits per heavy atom. The number of rotatable bonds is 9. The molecule has 0 spiro atoms. The lowest BCUT2D eigenvalue weighted by molar-refractivity contribution is -0.127. The van der Waals surface area contributed by atoms with Crippen LogP contribution in [0.25, 0.3) is 11.0 Å². The standard InChI is InChI=1S/C25H25ClFN5O3/c1-16(2)11-12-28-25(34)24(22-8-5-13-35-22)32(17-9-10-19(27)18(26)14-17)23(33)15-31-21-7-4-3-6-20(21)29-30-31/h3-10,13-14,16,24H,11-12,15H2,1-2H3,(H,28,34). The number of halogens is 2. The van der Waals surface area contributed by atoms with Crippen LogP contribution in [0.3, 0.4) is 0 Å². The van der Waals surface area contributed by atoms with E-state index in [-0.39, 0.29) is 23.0 Å². The highest BCUT2D eigenvalue weighted by atomic mass is 35.5. The minimum atomic E-state index is -1.15. The topological polar surface area (TPSA) is 93.3 Å². The minimum absolute atomic E-state index is 0.176. The maximum Gasteiger partial charge on any atom is 0.251 e. The number of aromatic nitrogens is 3. The van der Waals surface area contributed by atoms with E-state index in [9.17, 15) is 14.0 Å². The van der Waals surface area contributed by atoms with E-state index in [0.29, 0.717) is 23.5 Å². The van der Waals surface area contributed by atoms with E-state index in [4.69, 9.17) is 16.0 Å². The maximum atomic E-state index is 14.0. The molecule has 4 aromatic rings.